The van der Waals surface area contributed by atoms with E-state index in [9.17, 15) is 19.2 Å². The third kappa shape index (κ3) is 6.80. The zero-order valence-electron chi connectivity index (χ0n) is 14.8. The molecule has 2 N–H and O–H groups in total. The standard InChI is InChI=1S/C16H24N2O6/c1-15(2,3)23-13(21)10(17-14(22)24-16(4,5)6)7-9-8-11(19)18-12(9)20/h8,10H,7H2,1-6H3,(H,17,22)(H,18,19,20). The maximum atomic E-state index is 12.3. The first kappa shape index (κ1) is 19.7. The van der Waals surface area contributed by atoms with Gasteiger partial charge in [0.2, 0.25) is 0 Å². The molecule has 8 heteroatoms. The first-order valence-electron chi connectivity index (χ1n) is 7.55. The second-order valence-electron chi connectivity index (χ2n) is 7.42. The van der Waals surface area contributed by atoms with E-state index < -0.39 is 41.1 Å². The minimum absolute atomic E-state index is 0.0897. The molecule has 3 amide bonds. The zero-order valence-corrected chi connectivity index (χ0v) is 14.8. The van der Waals surface area contributed by atoms with Gasteiger partial charge in [0.25, 0.3) is 11.8 Å². The molecule has 0 aromatic heterocycles. The number of hydrogen-bond donors (Lipinski definition) is 2. The predicted molar refractivity (Wildman–Crippen MR) is 84.9 cm³/mol. The molecule has 1 unspecified atom stereocenters. The fourth-order valence-corrected chi connectivity index (χ4v) is 1.84. The number of alkyl carbamates (subject to hydrolysis) is 1. The Morgan fingerprint density at radius 1 is 1.08 bits per heavy atom. The second kappa shape index (κ2) is 7.02. The summed E-state index contributed by atoms with van der Waals surface area (Å²) in [5.74, 6) is -1.88. The van der Waals surface area contributed by atoms with Crippen LogP contribution in [-0.4, -0.2) is 41.1 Å². The molecular formula is C16H24N2O6. The molecule has 1 atom stereocenters. The first-order chi connectivity index (χ1) is 10.8. The molecule has 0 aliphatic carbocycles. The van der Waals surface area contributed by atoms with Crippen LogP contribution in [0.1, 0.15) is 48.0 Å². The highest BCUT2D eigenvalue weighted by Gasteiger charge is 2.32. The lowest BCUT2D eigenvalue weighted by molar-refractivity contribution is -0.157. The molecule has 8 nitrogen and oxygen atoms in total. The van der Waals surface area contributed by atoms with E-state index in [1.54, 1.807) is 41.5 Å². The van der Waals surface area contributed by atoms with E-state index in [0.717, 1.165) is 6.08 Å². The maximum Gasteiger partial charge on any atom is 0.408 e. The summed E-state index contributed by atoms with van der Waals surface area (Å²) in [4.78, 5) is 47.1. The van der Waals surface area contributed by atoms with Crippen LogP contribution in [0, 0.1) is 0 Å². The summed E-state index contributed by atoms with van der Waals surface area (Å²) in [5, 5.41) is 4.47. The lowest BCUT2D eigenvalue weighted by Crippen LogP contribution is -2.46. The van der Waals surface area contributed by atoms with Crippen molar-refractivity contribution in [3.05, 3.63) is 11.6 Å². The van der Waals surface area contributed by atoms with Crippen molar-refractivity contribution >= 4 is 23.9 Å². The van der Waals surface area contributed by atoms with Gasteiger partial charge in [0.05, 0.1) is 0 Å². The van der Waals surface area contributed by atoms with Crippen LogP contribution < -0.4 is 10.6 Å². The summed E-state index contributed by atoms with van der Waals surface area (Å²) in [6, 6.07) is -1.15. The summed E-state index contributed by atoms with van der Waals surface area (Å²) in [6.07, 6.45) is 0.103. The van der Waals surface area contributed by atoms with Gasteiger partial charge in [-0.15, -0.1) is 0 Å². The first-order valence-corrected chi connectivity index (χ1v) is 7.55. The smallest absolute Gasteiger partial charge is 0.408 e. The molecule has 134 valence electrons. The topological polar surface area (TPSA) is 111 Å². The molecule has 0 saturated carbocycles. The molecule has 1 aliphatic rings. The minimum Gasteiger partial charge on any atom is -0.458 e. The number of rotatable bonds is 4. The molecule has 1 aliphatic heterocycles. The van der Waals surface area contributed by atoms with Crippen molar-refractivity contribution in [3.8, 4) is 0 Å². The second-order valence-corrected chi connectivity index (χ2v) is 7.42. The Labute approximate surface area is 140 Å². The molecule has 1 rings (SSSR count). The van der Waals surface area contributed by atoms with Gasteiger partial charge in [-0.1, -0.05) is 0 Å². The van der Waals surface area contributed by atoms with Crippen LogP contribution in [0.2, 0.25) is 0 Å². The third-order valence-electron chi connectivity index (χ3n) is 2.64. The van der Waals surface area contributed by atoms with Gasteiger partial charge in [-0.05, 0) is 41.5 Å². The van der Waals surface area contributed by atoms with Crippen LogP contribution in [0.25, 0.3) is 0 Å². The van der Waals surface area contributed by atoms with E-state index in [2.05, 4.69) is 10.6 Å². The van der Waals surface area contributed by atoms with Crippen molar-refractivity contribution in [1.82, 2.24) is 10.6 Å². The minimum atomic E-state index is -1.15. The number of imide groups is 1. The average molecular weight is 340 g/mol. The highest BCUT2D eigenvalue weighted by molar-refractivity contribution is 6.16. The number of esters is 1. The fourth-order valence-electron chi connectivity index (χ4n) is 1.84. The summed E-state index contributed by atoms with van der Waals surface area (Å²) < 4.78 is 10.4. The van der Waals surface area contributed by atoms with E-state index in [-0.39, 0.29) is 12.0 Å². The van der Waals surface area contributed by atoms with Crippen molar-refractivity contribution < 1.29 is 28.7 Å². The molecule has 0 spiro atoms. The molecule has 24 heavy (non-hydrogen) atoms. The van der Waals surface area contributed by atoms with Gasteiger partial charge < -0.3 is 14.8 Å². The van der Waals surface area contributed by atoms with Gasteiger partial charge >= 0.3 is 12.1 Å². The van der Waals surface area contributed by atoms with Gasteiger partial charge in [0.15, 0.2) is 0 Å². The quantitative estimate of drug-likeness (QED) is 0.587. The Bertz CT molecular complexity index is 580. The van der Waals surface area contributed by atoms with Crippen molar-refractivity contribution in [2.75, 3.05) is 0 Å². The van der Waals surface area contributed by atoms with Gasteiger partial charge in [0.1, 0.15) is 17.2 Å². The van der Waals surface area contributed by atoms with E-state index in [1.807, 2.05) is 0 Å². The van der Waals surface area contributed by atoms with Crippen molar-refractivity contribution in [3.63, 3.8) is 0 Å². The number of carbonyl (C=O) groups excluding carboxylic acids is 4. The third-order valence-corrected chi connectivity index (χ3v) is 2.64. The monoisotopic (exact) mass is 340 g/mol. The SMILES string of the molecule is CC(C)(C)OC(=O)NC(CC1=CC(=O)NC1=O)C(=O)OC(C)(C)C. The fraction of sp³-hybridized carbons (Fsp3) is 0.625. The van der Waals surface area contributed by atoms with Gasteiger partial charge in [-0.2, -0.15) is 0 Å². The van der Waals surface area contributed by atoms with Crippen LogP contribution in [0.3, 0.4) is 0 Å². The maximum absolute atomic E-state index is 12.3. The van der Waals surface area contributed by atoms with Gasteiger partial charge in [-0.25, -0.2) is 9.59 Å². The Morgan fingerprint density at radius 2 is 1.62 bits per heavy atom. The number of carbonyl (C=O) groups is 4. The number of hydrogen-bond acceptors (Lipinski definition) is 6. The van der Waals surface area contributed by atoms with Crippen LogP contribution in [0.5, 0.6) is 0 Å². The Balaban J connectivity index is 2.89. The zero-order chi connectivity index (χ0) is 18.7. The Kier molecular flexibility index (Phi) is 5.75. The van der Waals surface area contributed by atoms with Crippen LogP contribution in [-0.2, 0) is 23.9 Å². The van der Waals surface area contributed by atoms with E-state index in [1.165, 1.54) is 0 Å². The van der Waals surface area contributed by atoms with Gasteiger partial charge in [0, 0.05) is 18.1 Å². The van der Waals surface area contributed by atoms with Crippen LogP contribution >= 0.6 is 0 Å². The van der Waals surface area contributed by atoms with Gasteiger partial charge in [-0.3, -0.25) is 14.9 Å². The Hall–Kier alpha value is -2.38. The summed E-state index contributed by atoms with van der Waals surface area (Å²) in [7, 11) is 0. The molecule has 0 radical (unpaired) electrons. The molecule has 0 fully saturated rings. The predicted octanol–water partition coefficient (Wildman–Crippen LogP) is 1.19. The van der Waals surface area contributed by atoms with Crippen molar-refractivity contribution in [2.24, 2.45) is 0 Å². The van der Waals surface area contributed by atoms with Crippen LogP contribution in [0.15, 0.2) is 11.6 Å². The largest absolute Gasteiger partial charge is 0.458 e. The summed E-state index contributed by atoms with van der Waals surface area (Å²) in [6.45, 7) is 10.1. The van der Waals surface area contributed by atoms with E-state index in [4.69, 9.17) is 9.47 Å². The highest BCUT2D eigenvalue weighted by Crippen LogP contribution is 2.16. The summed E-state index contributed by atoms with van der Waals surface area (Å²) >= 11 is 0. The lowest BCUT2D eigenvalue weighted by Gasteiger charge is -2.26. The van der Waals surface area contributed by atoms with Crippen molar-refractivity contribution in [1.29, 1.82) is 0 Å². The van der Waals surface area contributed by atoms with Crippen molar-refractivity contribution in [2.45, 2.75) is 65.2 Å². The van der Waals surface area contributed by atoms with Crippen LogP contribution in [0.4, 0.5) is 4.79 Å². The number of nitrogens with one attached hydrogen (secondary N) is 2. The average Bonchev–Trinajstić information content (AvgIpc) is 2.62. The lowest BCUT2D eigenvalue weighted by atomic mass is 10.1. The molecule has 0 bridgehead atoms. The molecule has 0 aromatic rings. The normalized spacial score (nSPS) is 16.2. The molecule has 1 heterocycles. The molecular weight excluding hydrogens is 316 g/mol. The molecule has 0 aromatic carbocycles. The molecule has 0 saturated heterocycles. The number of ether oxygens (including phenoxy) is 2. The van der Waals surface area contributed by atoms with E-state index >= 15 is 0 Å². The van der Waals surface area contributed by atoms with E-state index in [0.29, 0.717) is 0 Å². The summed E-state index contributed by atoms with van der Waals surface area (Å²) in [5.41, 5.74) is -1.43. The Morgan fingerprint density at radius 3 is 2.04 bits per heavy atom. The number of amides is 3. The highest BCUT2D eigenvalue weighted by atomic mass is 16.6.